The molecule has 0 unspecified atom stereocenters. The number of alkyl carbamates (subject to hydrolysis) is 1. The van der Waals surface area contributed by atoms with Gasteiger partial charge >= 0.3 is 6.09 Å². The molecule has 4 nitrogen and oxygen atoms in total. The third-order valence-electron chi connectivity index (χ3n) is 3.18. The van der Waals surface area contributed by atoms with Crippen molar-refractivity contribution in [3.05, 3.63) is 0 Å². The second-order valence-electron chi connectivity index (χ2n) is 5.97. The quantitative estimate of drug-likeness (QED) is 0.796. The van der Waals surface area contributed by atoms with Gasteiger partial charge in [-0.15, -0.1) is 0 Å². The maximum atomic E-state index is 11.8. The van der Waals surface area contributed by atoms with Gasteiger partial charge in [-0.05, 0) is 53.6 Å². The Hall–Kier alpha value is -0.770. The first-order valence-electron chi connectivity index (χ1n) is 6.53. The van der Waals surface area contributed by atoms with Crippen LogP contribution >= 0.6 is 0 Å². The normalized spacial score (nSPS) is 19.1. The van der Waals surface area contributed by atoms with Crippen LogP contribution in [0.5, 0.6) is 0 Å². The first kappa shape index (κ1) is 14.3. The number of carbonyl (C=O) groups excluding carboxylic acids is 1. The van der Waals surface area contributed by atoms with Crippen LogP contribution in [0.25, 0.3) is 0 Å². The van der Waals surface area contributed by atoms with Crippen LogP contribution in [-0.4, -0.2) is 30.8 Å². The molecule has 4 heteroatoms. The highest BCUT2D eigenvalue weighted by molar-refractivity contribution is 5.68. The summed E-state index contributed by atoms with van der Waals surface area (Å²) >= 11 is 0. The molecule has 0 aromatic rings. The summed E-state index contributed by atoms with van der Waals surface area (Å²) in [5.41, 5.74) is -0.474. The predicted molar refractivity (Wildman–Crippen MR) is 69.1 cm³/mol. The van der Waals surface area contributed by atoms with E-state index in [1.165, 1.54) is 12.8 Å². The van der Waals surface area contributed by atoms with Crippen molar-refractivity contribution in [3.8, 4) is 0 Å². The number of rotatable bonds is 4. The van der Waals surface area contributed by atoms with E-state index in [0.29, 0.717) is 0 Å². The highest BCUT2D eigenvalue weighted by Crippen LogP contribution is 2.32. The third kappa shape index (κ3) is 4.94. The fourth-order valence-electron chi connectivity index (χ4n) is 2.37. The molecule has 17 heavy (non-hydrogen) atoms. The number of hydrogen-bond acceptors (Lipinski definition) is 3. The standard InChI is InChI=1S/C13H26N2O2/c1-12(2,3)17-11(16)15-13(9-10-14-4)7-5-6-8-13/h14H,5-10H2,1-4H3,(H,15,16). The van der Waals surface area contributed by atoms with Crippen LogP contribution in [0.4, 0.5) is 4.79 Å². The Morgan fingerprint density at radius 3 is 2.35 bits per heavy atom. The van der Waals surface area contributed by atoms with E-state index in [1.54, 1.807) is 0 Å². The van der Waals surface area contributed by atoms with Crippen LogP contribution in [0.15, 0.2) is 0 Å². The van der Waals surface area contributed by atoms with Crippen LogP contribution in [-0.2, 0) is 4.74 Å². The van der Waals surface area contributed by atoms with Gasteiger partial charge in [0.15, 0.2) is 0 Å². The molecule has 0 bridgehead atoms. The summed E-state index contributed by atoms with van der Waals surface area (Å²) in [5, 5.41) is 6.23. The second-order valence-corrected chi connectivity index (χ2v) is 5.97. The molecule has 1 aliphatic carbocycles. The average molecular weight is 242 g/mol. The molecule has 100 valence electrons. The number of ether oxygens (including phenoxy) is 1. The molecular weight excluding hydrogens is 216 g/mol. The van der Waals surface area contributed by atoms with Gasteiger partial charge in [0.2, 0.25) is 0 Å². The molecule has 0 aromatic heterocycles. The highest BCUT2D eigenvalue weighted by Gasteiger charge is 2.35. The molecule has 2 N–H and O–H groups in total. The summed E-state index contributed by atoms with van der Waals surface area (Å²) in [4.78, 5) is 11.8. The van der Waals surface area contributed by atoms with Gasteiger partial charge in [0.25, 0.3) is 0 Å². The summed E-state index contributed by atoms with van der Waals surface area (Å²) in [6.45, 7) is 6.60. The molecule has 1 amide bonds. The van der Waals surface area contributed by atoms with Gasteiger partial charge in [0, 0.05) is 5.54 Å². The fraction of sp³-hybridized carbons (Fsp3) is 0.923. The average Bonchev–Trinajstić information content (AvgIpc) is 2.60. The van der Waals surface area contributed by atoms with Crippen molar-refractivity contribution in [1.29, 1.82) is 0 Å². The van der Waals surface area contributed by atoms with Gasteiger partial charge in [-0.25, -0.2) is 4.79 Å². The second kappa shape index (κ2) is 5.71. The van der Waals surface area contributed by atoms with Gasteiger partial charge in [-0.3, -0.25) is 0 Å². The molecule has 0 spiro atoms. The summed E-state index contributed by atoms with van der Waals surface area (Å²) in [6.07, 6.45) is 5.21. The van der Waals surface area contributed by atoms with E-state index in [-0.39, 0.29) is 11.6 Å². The number of amides is 1. The zero-order chi connectivity index (χ0) is 12.9. The van der Waals surface area contributed by atoms with Gasteiger partial charge < -0.3 is 15.4 Å². The Balaban J connectivity index is 2.52. The highest BCUT2D eigenvalue weighted by atomic mass is 16.6. The molecule has 0 saturated heterocycles. The van der Waals surface area contributed by atoms with E-state index >= 15 is 0 Å². The fourth-order valence-corrected chi connectivity index (χ4v) is 2.37. The van der Waals surface area contributed by atoms with Crippen molar-refractivity contribution in [1.82, 2.24) is 10.6 Å². The van der Waals surface area contributed by atoms with Gasteiger partial charge in [0.05, 0.1) is 0 Å². The van der Waals surface area contributed by atoms with Crippen molar-refractivity contribution in [3.63, 3.8) is 0 Å². The van der Waals surface area contributed by atoms with Crippen molar-refractivity contribution >= 4 is 6.09 Å². The molecule has 1 saturated carbocycles. The van der Waals surface area contributed by atoms with Crippen LogP contribution in [0.3, 0.4) is 0 Å². The molecular formula is C13H26N2O2. The van der Waals surface area contributed by atoms with Crippen LogP contribution in [0.2, 0.25) is 0 Å². The Morgan fingerprint density at radius 2 is 1.88 bits per heavy atom. The van der Waals surface area contributed by atoms with Crippen LogP contribution in [0, 0.1) is 0 Å². The minimum atomic E-state index is -0.424. The van der Waals surface area contributed by atoms with Gasteiger partial charge in [0.1, 0.15) is 5.60 Å². The first-order chi connectivity index (χ1) is 7.87. The smallest absolute Gasteiger partial charge is 0.408 e. The molecule has 0 atom stereocenters. The number of nitrogens with one attached hydrogen (secondary N) is 2. The molecule has 1 aliphatic rings. The van der Waals surface area contributed by atoms with E-state index in [4.69, 9.17) is 4.74 Å². The summed E-state index contributed by atoms with van der Waals surface area (Å²) in [6, 6.07) is 0. The lowest BCUT2D eigenvalue weighted by molar-refractivity contribution is 0.0451. The third-order valence-corrected chi connectivity index (χ3v) is 3.18. The van der Waals surface area contributed by atoms with Gasteiger partial charge in [-0.2, -0.15) is 0 Å². The van der Waals surface area contributed by atoms with Crippen molar-refractivity contribution in [2.24, 2.45) is 0 Å². The monoisotopic (exact) mass is 242 g/mol. The molecule has 0 heterocycles. The zero-order valence-electron chi connectivity index (χ0n) is 11.6. The van der Waals surface area contributed by atoms with E-state index in [2.05, 4.69) is 10.6 Å². The minimum Gasteiger partial charge on any atom is -0.444 e. The van der Waals surface area contributed by atoms with Gasteiger partial charge in [-0.1, -0.05) is 12.8 Å². The Labute approximate surface area is 104 Å². The van der Waals surface area contributed by atoms with E-state index in [1.807, 2.05) is 27.8 Å². The molecule has 0 aliphatic heterocycles. The lowest BCUT2D eigenvalue weighted by Crippen LogP contribution is -2.49. The predicted octanol–water partition coefficient (Wildman–Crippen LogP) is 2.43. The molecule has 0 aromatic carbocycles. The zero-order valence-corrected chi connectivity index (χ0v) is 11.6. The summed E-state index contributed by atoms with van der Waals surface area (Å²) in [7, 11) is 1.94. The maximum Gasteiger partial charge on any atom is 0.408 e. The minimum absolute atomic E-state index is 0.0503. The largest absolute Gasteiger partial charge is 0.444 e. The topological polar surface area (TPSA) is 50.4 Å². The lowest BCUT2D eigenvalue weighted by Gasteiger charge is -2.31. The Kier molecular flexibility index (Phi) is 4.80. The first-order valence-corrected chi connectivity index (χ1v) is 6.53. The van der Waals surface area contributed by atoms with E-state index < -0.39 is 5.60 Å². The van der Waals surface area contributed by atoms with Crippen molar-refractivity contribution < 1.29 is 9.53 Å². The Morgan fingerprint density at radius 1 is 1.29 bits per heavy atom. The molecule has 1 fully saturated rings. The molecule has 1 rings (SSSR count). The lowest BCUT2D eigenvalue weighted by atomic mass is 9.93. The number of carbonyl (C=O) groups is 1. The number of hydrogen-bond donors (Lipinski definition) is 2. The van der Waals surface area contributed by atoms with E-state index in [0.717, 1.165) is 25.8 Å². The summed E-state index contributed by atoms with van der Waals surface area (Å²) < 4.78 is 5.33. The SMILES string of the molecule is CNCCC1(NC(=O)OC(C)(C)C)CCCC1. The Bertz CT molecular complexity index is 253. The van der Waals surface area contributed by atoms with Crippen LogP contribution < -0.4 is 10.6 Å². The van der Waals surface area contributed by atoms with Crippen molar-refractivity contribution in [2.45, 2.75) is 64.0 Å². The van der Waals surface area contributed by atoms with Crippen molar-refractivity contribution in [2.75, 3.05) is 13.6 Å². The maximum absolute atomic E-state index is 11.8. The molecule has 0 radical (unpaired) electrons. The summed E-state index contributed by atoms with van der Waals surface area (Å²) in [5.74, 6) is 0. The van der Waals surface area contributed by atoms with E-state index in [9.17, 15) is 4.79 Å². The van der Waals surface area contributed by atoms with Crippen LogP contribution in [0.1, 0.15) is 52.9 Å².